The first-order valence-electron chi connectivity index (χ1n) is 8.51. The molecule has 0 aliphatic heterocycles. The molecule has 0 aliphatic rings. The summed E-state index contributed by atoms with van der Waals surface area (Å²) < 4.78 is 16.1. The molecule has 1 aromatic rings. The molecule has 0 saturated heterocycles. The molecule has 1 aromatic heterocycles. The average Bonchev–Trinajstić information content (AvgIpc) is 2.55. The maximum absolute atomic E-state index is 12.7. The van der Waals surface area contributed by atoms with Gasteiger partial charge in [-0.3, -0.25) is 4.79 Å². The van der Waals surface area contributed by atoms with Gasteiger partial charge in [0, 0.05) is 19.8 Å². The molecule has 6 heteroatoms. The van der Waals surface area contributed by atoms with Crippen molar-refractivity contribution < 1.29 is 19.0 Å². The number of aryl methyl sites for hydroxylation is 1. The minimum absolute atomic E-state index is 0.143. The van der Waals surface area contributed by atoms with Crippen LogP contribution in [0.5, 0.6) is 5.88 Å². The summed E-state index contributed by atoms with van der Waals surface area (Å²) in [6, 6.07) is 3.54. The van der Waals surface area contributed by atoms with Crippen LogP contribution in [0.15, 0.2) is 12.1 Å². The number of carbonyl (C=O) groups is 1. The van der Waals surface area contributed by atoms with Crippen LogP contribution in [0.3, 0.4) is 0 Å². The Morgan fingerprint density at radius 2 is 2.04 bits per heavy atom. The van der Waals surface area contributed by atoms with Gasteiger partial charge in [-0.15, -0.1) is 0 Å². The van der Waals surface area contributed by atoms with Crippen molar-refractivity contribution in [2.24, 2.45) is 0 Å². The highest BCUT2D eigenvalue weighted by molar-refractivity contribution is 5.97. The number of anilines is 1. The molecule has 0 fully saturated rings. The number of pyridine rings is 1. The number of amides is 1. The molecule has 0 radical (unpaired) electrons. The van der Waals surface area contributed by atoms with Crippen LogP contribution in [0, 0.1) is 6.92 Å². The van der Waals surface area contributed by atoms with Gasteiger partial charge in [0.05, 0.1) is 18.0 Å². The number of ether oxygens (including phenoxy) is 3. The molecule has 1 atom stereocenters. The Morgan fingerprint density at radius 3 is 2.62 bits per heavy atom. The fraction of sp³-hybridized carbons (Fsp3) is 0.667. The SMILES string of the molecule is CCCC[C@@](C)(OCC)C(=O)Nc1ccc(OCCOC)nc1C. The molecule has 136 valence electrons. The first-order chi connectivity index (χ1) is 11.5. The Kier molecular flexibility index (Phi) is 8.71. The van der Waals surface area contributed by atoms with Crippen molar-refractivity contribution in [3.8, 4) is 5.88 Å². The standard InChI is InChI=1S/C18H30N2O4/c1-6-8-11-18(4,24-7-2)17(21)20-15-9-10-16(19-14(15)3)23-13-12-22-5/h9-10H,6-8,11-13H2,1-5H3,(H,20,21)/t18-/m1/s1. The van der Waals surface area contributed by atoms with E-state index < -0.39 is 5.60 Å². The molecule has 0 saturated carbocycles. The second kappa shape index (κ2) is 10.3. The number of unbranched alkanes of at least 4 members (excludes halogenated alkanes) is 1. The van der Waals surface area contributed by atoms with E-state index in [1.54, 1.807) is 19.2 Å². The zero-order chi connectivity index (χ0) is 18.0. The van der Waals surface area contributed by atoms with Gasteiger partial charge in [0.1, 0.15) is 12.2 Å². The third-order valence-corrected chi connectivity index (χ3v) is 3.80. The Morgan fingerprint density at radius 1 is 1.29 bits per heavy atom. The number of methoxy groups -OCH3 is 1. The van der Waals surface area contributed by atoms with Crippen molar-refractivity contribution in [1.29, 1.82) is 0 Å². The van der Waals surface area contributed by atoms with E-state index in [1.165, 1.54) is 0 Å². The highest BCUT2D eigenvalue weighted by Crippen LogP contribution is 2.23. The van der Waals surface area contributed by atoms with Crippen LogP contribution in [0.2, 0.25) is 0 Å². The van der Waals surface area contributed by atoms with Crippen molar-refractivity contribution in [3.05, 3.63) is 17.8 Å². The summed E-state index contributed by atoms with van der Waals surface area (Å²) in [5, 5.41) is 2.93. The number of aromatic nitrogens is 1. The maximum atomic E-state index is 12.7. The predicted octanol–water partition coefficient (Wildman–Crippen LogP) is 3.34. The van der Waals surface area contributed by atoms with Gasteiger partial charge in [0.25, 0.3) is 5.91 Å². The quantitative estimate of drug-likeness (QED) is 0.627. The number of hydrogen-bond donors (Lipinski definition) is 1. The highest BCUT2D eigenvalue weighted by Gasteiger charge is 2.33. The van der Waals surface area contributed by atoms with Gasteiger partial charge in [-0.1, -0.05) is 19.8 Å². The minimum atomic E-state index is -0.829. The monoisotopic (exact) mass is 338 g/mol. The zero-order valence-electron chi connectivity index (χ0n) is 15.5. The largest absolute Gasteiger partial charge is 0.475 e. The molecule has 0 spiro atoms. The van der Waals surface area contributed by atoms with E-state index in [0.29, 0.717) is 43.5 Å². The summed E-state index contributed by atoms with van der Waals surface area (Å²) in [6.07, 6.45) is 2.64. The number of carbonyl (C=O) groups excluding carboxylic acids is 1. The Balaban J connectivity index is 2.77. The van der Waals surface area contributed by atoms with E-state index in [0.717, 1.165) is 12.8 Å². The van der Waals surface area contributed by atoms with E-state index in [1.807, 2.05) is 20.8 Å². The van der Waals surface area contributed by atoms with Crippen LogP contribution in [-0.2, 0) is 14.3 Å². The smallest absolute Gasteiger partial charge is 0.256 e. The lowest BCUT2D eigenvalue weighted by Crippen LogP contribution is -2.43. The van der Waals surface area contributed by atoms with Crippen molar-refractivity contribution in [1.82, 2.24) is 4.98 Å². The second-order valence-electron chi connectivity index (χ2n) is 5.85. The van der Waals surface area contributed by atoms with Crippen molar-refractivity contribution in [2.45, 2.75) is 52.6 Å². The van der Waals surface area contributed by atoms with E-state index >= 15 is 0 Å². The lowest BCUT2D eigenvalue weighted by molar-refractivity contribution is -0.139. The average molecular weight is 338 g/mol. The molecule has 1 rings (SSSR count). The number of nitrogens with zero attached hydrogens (tertiary/aromatic N) is 1. The van der Waals surface area contributed by atoms with Gasteiger partial charge >= 0.3 is 0 Å². The van der Waals surface area contributed by atoms with Gasteiger partial charge in [0.15, 0.2) is 0 Å². The number of hydrogen-bond acceptors (Lipinski definition) is 5. The summed E-state index contributed by atoms with van der Waals surface area (Å²) in [5.74, 6) is 0.372. The third-order valence-electron chi connectivity index (χ3n) is 3.80. The lowest BCUT2D eigenvalue weighted by Gasteiger charge is -2.28. The molecule has 0 aromatic carbocycles. The summed E-state index contributed by atoms with van der Waals surface area (Å²) in [6.45, 7) is 9.11. The molecule has 6 nitrogen and oxygen atoms in total. The summed E-state index contributed by atoms with van der Waals surface area (Å²) in [4.78, 5) is 17.0. The van der Waals surface area contributed by atoms with Crippen LogP contribution in [0.25, 0.3) is 0 Å². The van der Waals surface area contributed by atoms with Gasteiger partial charge < -0.3 is 19.5 Å². The summed E-state index contributed by atoms with van der Waals surface area (Å²) in [5.41, 5.74) is 0.541. The van der Waals surface area contributed by atoms with E-state index in [2.05, 4.69) is 17.2 Å². The third kappa shape index (κ3) is 6.09. The molecular formula is C18H30N2O4. The van der Waals surface area contributed by atoms with E-state index in [-0.39, 0.29) is 5.91 Å². The Bertz CT molecular complexity index is 522. The molecule has 1 N–H and O–H groups in total. The van der Waals surface area contributed by atoms with E-state index in [9.17, 15) is 4.79 Å². The van der Waals surface area contributed by atoms with E-state index in [4.69, 9.17) is 14.2 Å². The van der Waals surface area contributed by atoms with Crippen molar-refractivity contribution >= 4 is 11.6 Å². The van der Waals surface area contributed by atoms with Crippen molar-refractivity contribution in [2.75, 3.05) is 32.2 Å². The maximum Gasteiger partial charge on any atom is 0.256 e. The fourth-order valence-electron chi connectivity index (χ4n) is 2.32. The molecule has 0 bridgehead atoms. The summed E-state index contributed by atoms with van der Waals surface area (Å²) >= 11 is 0. The zero-order valence-corrected chi connectivity index (χ0v) is 15.5. The van der Waals surface area contributed by atoms with Crippen LogP contribution in [0.4, 0.5) is 5.69 Å². The minimum Gasteiger partial charge on any atom is -0.475 e. The van der Waals surface area contributed by atoms with Gasteiger partial charge in [-0.25, -0.2) is 4.98 Å². The first-order valence-corrected chi connectivity index (χ1v) is 8.51. The van der Waals surface area contributed by atoms with Gasteiger partial charge in [0.2, 0.25) is 5.88 Å². The normalized spacial score (nSPS) is 13.4. The number of rotatable bonds is 11. The summed E-state index contributed by atoms with van der Waals surface area (Å²) in [7, 11) is 1.62. The Labute approximate surface area is 144 Å². The van der Waals surface area contributed by atoms with Crippen LogP contribution < -0.4 is 10.1 Å². The van der Waals surface area contributed by atoms with Crippen LogP contribution in [-0.4, -0.2) is 43.4 Å². The molecule has 0 unspecified atom stereocenters. The first kappa shape index (κ1) is 20.4. The molecular weight excluding hydrogens is 308 g/mol. The van der Waals surface area contributed by atoms with Gasteiger partial charge in [-0.2, -0.15) is 0 Å². The lowest BCUT2D eigenvalue weighted by atomic mass is 9.97. The van der Waals surface area contributed by atoms with Crippen molar-refractivity contribution in [3.63, 3.8) is 0 Å². The predicted molar refractivity (Wildman–Crippen MR) is 94.5 cm³/mol. The topological polar surface area (TPSA) is 69.7 Å². The number of nitrogens with one attached hydrogen (secondary N) is 1. The van der Waals surface area contributed by atoms with Gasteiger partial charge in [-0.05, 0) is 33.3 Å². The highest BCUT2D eigenvalue weighted by atomic mass is 16.5. The second-order valence-corrected chi connectivity index (χ2v) is 5.85. The molecule has 24 heavy (non-hydrogen) atoms. The fourth-order valence-corrected chi connectivity index (χ4v) is 2.32. The molecule has 0 aliphatic carbocycles. The molecule has 1 heterocycles. The van der Waals surface area contributed by atoms with Crippen LogP contribution in [0.1, 0.15) is 45.7 Å². The Hall–Kier alpha value is -1.66. The van der Waals surface area contributed by atoms with Crippen LogP contribution >= 0.6 is 0 Å². The molecule has 1 amide bonds.